The molecule has 0 radical (unpaired) electrons. The molecule has 2 N–H and O–H groups in total. The number of ether oxygens (including phenoxy) is 1. The molecule has 1 unspecified atom stereocenters. The molecule has 1 atom stereocenters. The summed E-state index contributed by atoms with van der Waals surface area (Å²) in [7, 11) is 1.32. The first-order chi connectivity index (χ1) is 19.0. The molecule has 6 rings (SSSR count). The summed E-state index contributed by atoms with van der Waals surface area (Å²) in [6.45, 7) is 2.10. The SMILES string of the molecule is COC(=O)c1ccc2c(c1)NC(=O)C2C(=Nc1ccc2c(c1)CCN2C(=O)CC1=NCCN1)c1ccccc1. The summed E-state index contributed by atoms with van der Waals surface area (Å²) in [4.78, 5) is 49.4. The average Bonchev–Trinajstić information content (AvgIpc) is 3.69. The summed E-state index contributed by atoms with van der Waals surface area (Å²) >= 11 is 0. The molecule has 0 aromatic heterocycles. The van der Waals surface area contributed by atoms with Gasteiger partial charge in [0.15, 0.2) is 0 Å². The van der Waals surface area contributed by atoms with Gasteiger partial charge in [0.05, 0.1) is 37.0 Å². The summed E-state index contributed by atoms with van der Waals surface area (Å²) in [5.41, 5.74) is 5.74. The highest BCUT2D eigenvalue weighted by molar-refractivity contribution is 6.24. The normalized spacial score (nSPS) is 17.7. The number of rotatable bonds is 6. The van der Waals surface area contributed by atoms with Crippen LogP contribution in [-0.2, 0) is 20.7 Å². The number of hydrogen-bond donors (Lipinski definition) is 2. The molecule has 0 saturated heterocycles. The van der Waals surface area contributed by atoms with Gasteiger partial charge in [-0.2, -0.15) is 0 Å². The summed E-state index contributed by atoms with van der Waals surface area (Å²) < 4.78 is 4.83. The largest absolute Gasteiger partial charge is 0.465 e. The van der Waals surface area contributed by atoms with E-state index in [4.69, 9.17) is 9.73 Å². The number of hydrogen-bond acceptors (Lipinski definition) is 7. The van der Waals surface area contributed by atoms with E-state index in [1.807, 2.05) is 53.4 Å². The van der Waals surface area contributed by atoms with E-state index >= 15 is 0 Å². The van der Waals surface area contributed by atoms with Gasteiger partial charge in [0.1, 0.15) is 11.8 Å². The minimum atomic E-state index is -0.653. The number of nitrogens with one attached hydrogen (secondary N) is 2. The number of amides is 2. The highest BCUT2D eigenvalue weighted by atomic mass is 16.5. The lowest BCUT2D eigenvalue weighted by molar-refractivity contribution is -0.117. The number of amidine groups is 1. The summed E-state index contributed by atoms with van der Waals surface area (Å²) in [6, 6.07) is 20.5. The van der Waals surface area contributed by atoms with Gasteiger partial charge < -0.3 is 20.3 Å². The van der Waals surface area contributed by atoms with Crippen molar-refractivity contribution < 1.29 is 19.1 Å². The smallest absolute Gasteiger partial charge is 0.337 e. The van der Waals surface area contributed by atoms with Crippen molar-refractivity contribution in [1.29, 1.82) is 0 Å². The van der Waals surface area contributed by atoms with Crippen LogP contribution >= 0.6 is 0 Å². The highest BCUT2D eigenvalue weighted by Gasteiger charge is 2.36. The van der Waals surface area contributed by atoms with Gasteiger partial charge in [0, 0.05) is 24.5 Å². The zero-order valence-electron chi connectivity index (χ0n) is 21.4. The molecule has 9 nitrogen and oxygen atoms in total. The molecule has 0 aliphatic carbocycles. The van der Waals surface area contributed by atoms with E-state index in [9.17, 15) is 14.4 Å². The lowest BCUT2D eigenvalue weighted by Crippen LogP contribution is -2.33. The number of carbonyl (C=O) groups excluding carboxylic acids is 3. The number of benzene rings is 3. The Morgan fingerprint density at radius 3 is 2.69 bits per heavy atom. The zero-order valence-corrected chi connectivity index (χ0v) is 21.4. The summed E-state index contributed by atoms with van der Waals surface area (Å²) in [5.74, 6) is -0.564. The minimum absolute atomic E-state index is 0.0219. The predicted molar refractivity (Wildman–Crippen MR) is 149 cm³/mol. The quantitative estimate of drug-likeness (QED) is 0.380. The van der Waals surface area contributed by atoms with Crippen molar-refractivity contribution in [3.8, 4) is 0 Å². The molecule has 3 aliphatic heterocycles. The fraction of sp³-hybridized carbons (Fsp3) is 0.233. The Hall–Kier alpha value is -4.79. The average molecular weight is 522 g/mol. The second-order valence-electron chi connectivity index (χ2n) is 9.62. The third-order valence-electron chi connectivity index (χ3n) is 7.22. The number of esters is 1. The van der Waals surface area contributed by atoms with Gasteiger partial charge in [-0.1, -0.05) is 36.4 Å². The maximum Gasteiger partial charge on any atom is 0.337 e. The molecule has 3 aliphatic rings. The molecular formula is C30H27N5O4. The van der Waals surface area contributed by atoms with Crippen molar-refractivity contribution in [3.63, 3.8) is 0 Å². The molecule has 0 bridgehead atoms. The molecule has 0 fully saturated rings. The highest BCUT2D eigenvalue weighted by Crippen LogP contribution is 2.38. The molecule has 0 spiro atoms. The number of nitrogens with zero attached hydrogens (tertiary/aromatic N) is 3. The third-order valence-corrected chi connectivity index (χ3v) is 7.22. The van der Waals surface area contributed by atoms with Gasteiger partial charge in [0.25, 0.3) is 0 Å². The summed E-state index contributed by atoms with van der Waals surface area (Å²) in [5, 5.41) is 6.07. The topological polar surface area (TPSA) is 112 Å². The van der Waals surface area contributed by atoms with E-state index in [-0.39, 0.29) is 18.2 Å². The van der Waals surface area contributed by atoms with Gasteiger partial charge >= 0.3 is 5.97 Å². The first-order valence-corrected chi connectivity index (χ1v) is 12.9. The molecule has 39 heavy (non-hydrogen) atoms. The molecule has 3 aromatic rings. The Morgan fingerprint density at radius 2 is 1.92 bits per heavy atom. The van der Waals surface area contributed by atoms with Crippen LogP contribution in [0.2, 0.25) is 0 Å². The van der Waals surface area contributed by atoms with Gasteiger partial charge in [-0.25, -0.2) is 4.79 Å². The maximum absolute atomic E-state index is 13.3. The second-order valence-corrected chi connectivity index (χ2v) is 9.62. The van der Waals surface area contributed by atoms with E-state index in [1.54, 1.807) is 18.2 Å². The molecule has 2 amide bonds. The number of fused-ring (bicyclic) bond motifs is 2. The van der Waals surface area contributed by atoms with Crippen molar-refractivity contribution in [2.24, 2.45) is 9.98 Å². The number of carbonyl (C=O) groups is 3. The van der Waals surface area contributed by atoms with E-state index in [1.165, 1.54) is 7.11 Å². The van der Waals surface area contributed by atoms with Crippen molar-refractivity contribution in [2.45, 2.75) is 18.8 Å². The molecular weight excluding hydrogens is 494 g/mol. The van der Waals surface area contributed by atoms with Crippen molar-refractivity contribution in [2.75, 3.05) is 37.0 Å². The molecule has 9 heteroatoms. The van der Waals surface area contributed by atoms with Gasteiger partial charge in [-0.05, 0) is 53.4 Å². The zero-order chi connectivity index (χ0) is 26.9. The second kappa shape index (κ2) is 10.2. The fourth-order valence-electron chi connectivity index (χ4n) is 5.34. The van der Waals surface area contributed by atoms with Crippen LogP contribution < -0.4 is 15.5 Å². The predicted octanol–water partition coefficient (Wildman–Crippen LogP) is 3.61. The molecule has 3 aromatic carbocycles. The molecule has 196 valence electrons. The Balaban J connectivity index is 1.34. The van der Waals surface area contributed by atoms with Crippen LogP contribution in [0.1, 0.15) is 39.4 Å². The van der Waals surface area contributed by atoms with Crippen LogP contribution in [-0.4, -0.2) is 56.1 Å². The van der Waals surface area contributed by atoms with E-state index in [2.05, 4.69) is 15.6 Å². The standard InChI is InChI=1S/C30H27N5O4/c1-39-30(38)20-7-9-22-23(16-20)34-29(37)27(22)28(18-5-3-2-4-6-18)33-21-8-10-24-19(15-21)11-14-35(24)26(36)17-25-31-12-13-32-25/h2-10,15-16,27H,11-14,17H2,1H3,(H,31,32)(H,34,37). The van der Waals surface area contributed by atoms with Crippen LogP contribution in [0, 0.1) is 0 Å². The van der Waals surface area contributed by atoms with Crippen molar-refractivity contribution in [3.05, 3.63) is 89.0 Å². The third kappa shape index (κ3) is 4.67. The van der Waals surface area contributed by atoms with Gasteiger partial charge in [-0.15, -0.1) is 0 Å². The monoisotopic (exact) mass is 521 g/mol. The van der Waals surface area contributed by atoms with Crippen LogP contribution in [0.25, 0.3) is 0 Å². The first kappa shape index (κ1) is 24.5. The summed E-state index contributed by atoms with van der Waals surface area (Å²) in [6.07, 6.45) is 0.999. The molecule has 3 heterocycles. The Morgan fingerprint density at radius 1 is 1.08 bits per heavy atom. The van der Waals surface area contributed by atoms with E-state index in [0.717, 1.165) is 41.2 Å². The number of aliphatic imine (C=N–C) groups is 2. The van der Waals surface area contributed by atoms with Crippen LogP contribution in [0.3, 0.4) is 0 Å². The first-order valence-electron chi connectivity index (χ1n) is 12.9. The van der Waals surface area contributed by atoms with E-state index in [0.29, 0.717) is 35.7 Å². The Bertz CT molecular complexity index is 1550. The fourth-order valence-corrected chi connectivity index (χ4v) is 5.34. The Labute approximate surface area is 225 Å². The Kier molecular flexibility index (Phi) is 6.40. The van der Waals surface area contributed by atoms with Gasteiger partial charge in [0.2, 0.25) is 11.8 Å². The van der Waals surface area contributed by atoms with Gasteiger partial charge in [-0.3, -0.25) is 19.6 Å². The van der Waals surface area contributed by atoms with Crippen molar-refractivity contribution >= 4 is 46.4 Å². The maximum atomic E-state index is 13.3. The van der Waals surface area contributed by atoms with E-state index < -0.39 is 11.9 Å². The number of methoxy groups -OCH3 is 1. The lowest BCUT2D eigenvalue weighted by Gasteiger charge is -2.18. The number of anilines is 2. The van der Waals surface area contributed by atoms with Crippen LogP contribution in [0.4, 0.5) is 17.1 Å². The van der Waals surface area contributed by atoms with Crippen LogP contribution in [0.15, 0.2) is 76.7 Å². The van der Waals surface area contributed by atoms with Crippen LogP contribution in [0.5, 0.6) is 0 Å². The minimum Gasteiger partial charge on any atom is -0.465 e. The van der Waals surface area contributed by atoms with Crippen molar-refractivity contribution in [1.82, 2.24) is 5.32 Å². The lowest BCUT2D eigenvalue weighted by atomic mass is 9.90. The molecule has 0 saturated carbocycles.